The zero-order valence-corrected chi connectivity index (χ0v) is 9.72. The number of amides is 1. The fourth-order valence-corrected chi connectivity index (χ4v) is 1.46. The Kier molecular flexibility index (Phi) is 5.56. The van der Waals surface area contributed by atoms with Crippen LogP contribution in [-0.4, -0.2) is 28.5 Å². The lowest BCUT2D eigenvalue weighted by Gasteiger charge is -2.11. The fraction of sp³-hybridized carbons (Fsp3) is 0.636. The topological polar surface area (TPSA) is 72.9 Å². The lowest BCUT2D eigenvalue weighted by Crippen LogP contribution is -2.32. The molecule has 0 saturated carbocycles. The molecule has 1 heterocycles. The summed E-state index contributed by atoms with van der Waals surface area (Å²) >= 11 is 0. The number of nitrogens with zero attached hydrogens (tertiary/aromatic N) is 2. The summed E-state index contributed by atoms with van der Waals surface area (Å²) in [5.41, 5.74) is 5.40. The van der Waals surface area contributed by atoms with Crippen molar-refractivity contribution in [3.05, 3.63) is 18.7 Å². The Hall–Kier alpha value is -1.36. The molecule has 1 aromatic rings. The highest BCUT2D eigenvalue weighted by Gasteiger charge is 2.10. The summed E-state index contributed by atoms with van der Waals surface area (Å²) in [7, 11) is 0. The predicted molar refractivity (Wildman–Crippen MR) is 62.7 cm³/mol. The third-order valence-electron chi connectivity index (χ3n) is 2.52. The molecule has 0 bridgehead atoms. The van der Waals surface area contributed by atoms with Crippen molar-refractivity contribution in [1.82, 2.24) is 14.9 Å². The van der Waals surface area contributed by atoms with Gasteiger partial charge >= 0.3 is 0 Å². The molecule has 0 spiro atoms. The van der Waals surface area contributed by atoms with Gasteiger partial charge in [-0.05, 0) is 19.4 Å². The first-order valence-electron chi connectivity index (χ1n) is 5.67. The second-order valence-electron chi connectivity index (χ2n) is 3.92. The molecule has 0 aliphatic rings. The van der Waals surface area contributed by atoms with Gasteiger partial charge in [-0.25, -0.2) is 4.98 Å². The van der Waals surface area contributed by atoms with Gasteiger partial charge in [-0.3, -0.25) is 4.79 Å². The Morgan fingerprint density at radius 2 is 2.44 bits per heavy atom. The highest BCUT2D eigenvalue weighted by molar-refractivity contribution is 5.78. The molecule has 0 fully saturated rings. The van der Waals surface area contributed by atoms with Crippen molar-refractivity contribution in [1.29, 1.82) is 0 Å². The number of nitrogens with one attached hydrogen (secondary N) is 1. The maximum absolute atomic E-state index is 11.6. The number of rotatable bonds is 7. The summed E-state index contributed by atoms with van der Waals surface area (Å²) in [5.74, 6) is 0.153. The van der Waals surface area contributed by atoms with Crippen molar-refractivity contribution < 1.29 is 4.79 Å². The Bertz CT molecular complexity index is 297. The standard InChI is InChI=1S/C11H20N4O/c1-10(3-2-4-12)11(16)14-6-8-15-7-5-13-9-15/h5,7,9-10H,2-4,6,8,12H2,1H3,(H,14,16). The average Bonchev–Trinajstić information content (AvgIpc) is 2.78. The number of carbonyl (C=O) groups is 1. The van der Waals surface area contributed by atoms with E-state index in [1.165, 1.54) is 0 Å². The van der Waals surface area contributed by atoms with Crippen LogP contribution in [0.2, 0.25) is 0 Å². The number of imidazole rings is 1. The van der Waals surface area contributed by atoms with Crippen LogP contribution in [0.5, 0.6) is 0 Å². The maximum Gasteiger partial charge on any atom is 0.222 e. The fourth-order valence-electron chi connectivity index (χ4n) is 1.46. The Morgan fingerprint density at radius 1 is 1.62 bits per heavy atom. The van der Waals surface area contributed by atoms with Crippen LogP contribution in [0.1, 0.15) is 19.8 Å². The second-order valence-corrected chi connectivity index (χ2v) is 3.92. The van der Waals surface area contributed by atoms with Gasteiger partial charge in [0.25, 0.3) is 0 Å². The van der Waals surface area contributed by atoms with Crippen LogP contribution >= 0.6 is 0 Å². The van der Waals surface area contributed by atoms with E-state index in [2.05, 4.69) is 10.3 Å². The van der Waals surface area contributed by atoms with Gasteiger partial charge in [-0.1, -0.05) is 6.92 Å². The quantitative estimate of drug-likeness (QED) is 0.703. The molecule has 1 unspecified atom stereocenters. The Labute approximate surface area is 96.0 Å². The van der Waals surface area contributed by atoms with Gasteiger partial charge in [-0.2, -0.15) is 0 Å². The Balaban J connectivity index is 2.14. The molecular formula is C11H20N4O. The number of hydrogen-bond donors (Lipinski definition) is 2. The van der Waals surface area contributed by atoms with Gasteiger partial charge < -0.3 is 15.6 Å². The Morgan fingerprint density at radius 3 is 3.06 bits per heavy atom. The molecule has 0 aromatic carbocycles. The molecular weight excluding hydrogens is 204 g/mol. The van der Waals surface area contributed by atoms with Crippen LogP contribution < -0.4 is 11.1 Å². The molecule has 0 saturated heterocycles. The first-order chi connectivity index (χ1) is 7.74. The van der Waals surface area contributed by atoms with Crippen molar-refractivity contribution in [3.63, 3.8) is 0 Å². The minimum absolute atomic E-state index is 0.0475. The molecule has 1 amide bonds. The minimum atomic E-state index is 0.0475. The highest BCUT2D eigenvalue weighted by Crippen LogP contribution is 2.03. The molecule has 0 aliphatic carbocycles. The number of nitrogens with two attached hydrogens (primary N) is 1. The van der Waals surface area contributed by atoms with E-state index >= 15 is 0 Å². The van der Waals surface area contributed by atoms with Crippen LogP contribution in [0.15, 0.2) is 18.7 Å². The van der Waals surface area contributed by atoms with Crippen molar-refractivity contribution >= 4 is 5.91 Å². The second kappa shape index (κ2) is 7.00. The molecule has 3 N–H and O–H groups in total. The lowest BCUT2D eigenvalue weighted by atomic mass is 10.1. The summed E-state index contributed by atoms with van der Waals surface area (Å²) in [6.07, 6.45) is 7.10. The van der Waals surface area contributed by atoms with E-state index in [4.69, 9.17) is 5.73 Å². The van der Waals surface area contributed by atoms with E-state index in [0.717, 1.165) is 19.4 Å². The van der Waals surface area contributed by atoms with Crippen LogP contribution in [0.3, 0.4) is 0 Å². The largest absolute Gasteiger partial charge is 0.354 e. The first-order valence-corrected chi connectivity index (χ1v) is 5.67. The van der Waals surface area contributed by atoms with E-state index in [0.29, 0.717) is 13.1 Å². The smallest absolute Gasteiger partial charge is 0.222 e. The number of carbonyl (C=O) groups excluding carboxylic acids is 1. The van der Waals surface area contributed by atoms with Crippen molar-refractivity contribution in [3.8, 4) is 0 Å². The zero-order valence-electron chi connectivity index (χ0n) is 9.72. The van der Waals surface area contributed by atoms with Crippen LogP contribution in [0, 0.1) is 5.92 Å². The maximum atomic E-state index is 11.6. The summed E-state index contributed by atoms with van der Waals surface area (Å²) in [6.45, 7) is 3.98. The molecule has 5 heteroatoms. The molecule has 0 radical (unpaired) electrons. The van der Waals surface area contributed by atoms with Gasteiger partial charge in [0, 0.05) is 31.4 Å². The lowest BCUT2D eigenvalue weighted by molar-refractivity contribution is -0.124. The van der Waals surface area contributed by atoms with Gasteiger partial charge in [0.15, 0.2) is 0 Å². The van der Waals surface area contributed by atoms with Crippen molar-refractivity contribution in [2.45, 2.75) is 26.3 Å². The number of hydrogen-bond acceptors (Lipinski definition) is 3. The zero-order chi connectivity index (χ0) is 11.8. The summed E-state index contributed by atoms with van der Waals surface area (Å²) in [4.78, 5) is 15.5. The van der Waals surface area contributed by atoms with E-state index in [1.54, 1.807) is 12.5 Å². The van der Waals surface area contributed by atoms with Crippen LogP contribution in [-0.2, 0) is 11.3 Å². The van der Waals surface area contributed by atoms with Gasteiger partial charge in [0.05, 0.1) is 6.33 Å². The molecule has 16 heavy (non-hydrogen) atoms. The summed E-state index contributed by atoms with van der Waals surface area (Å²) in [6, 6.07) is 0. The molecule has 90 valence electrons. The third kappa shape index (κ3) is 4.44. The average molecular weight is 224 g/mol. The summed E-state index contributed by atoms with van der Waals surface area (Å²) in [5, 5.41) is 2.90. The van der Waals surface area contributed by atoms with E-state index in [1.807, 2.05) is 17.7 Å². The molecule has 1 rings (SSSR count). The minimum Gasteiger partial charge on any atom is -0.354 e. The predicted octanol–water partition coefficient (Wildman–Crippen LogP) is 0.374. The van der Waals surface area contributed by atoms with Gasteiger partial charge in [-0.15, -0.1) is 0 Å². The number of aromatic nitrogens is 2. The molecule has 0 aliphatic heterocycles. The first kappa shape index (κ1) is 12.7. The van der Waals surface area contributed by atoms with Gasteiger partial charge in [0.2, 0.25) is 5.91 Å². The van der Waals surface area contributed by atoms with E-state index < -0.39 is 0 Å². The van der Waals surface area contributed by atoms with E-state index in [-0.39, 0.29) is 11.8 Å². The van der Waals surface area contributed by atoms with Crippen molar-refractivity contribution in [2.24, 2.45) is 11.7 Å². The SMILES string of the molecule is CC(CCCN)C(=O)NCCn1ccnc1. The summed E-state index contributed by atoms with van der Waals surface area (Å²) < 4.78 is 1.94. The van der Waals surface area contributed by atoms with Gasteiger partial charge in [0.1, 0.15) is 0 Å². The van der Waals surface area contributed by atoms with E-state index in [9.17, 15) is 4.79 Å². The van der Waals surface area contributed by atoms with Crippen molar-refractivity contribution in [2.75, 3.05) is 13.1 Å². The molecule has 1 atom stereocenters. The normalized spacial score (nSPS) is 12.4. The molecule has 5 nitrogen and oxygen atoms in total. The highest BCUT2D eigenvalue weighted by atomic mass is 16.1. The third-order valence-corrected chi connectivity index (χ3v) is 2.52. The molecule has 1 aromatic heterocycles. The monoisotopic (exact) mass is 224 g/mol. The van der Waals surface area contributed by atoms with Crippen LogP contribution in [0.25, 0.3) is 0 Å². The van der Waals surface area contributed by atoms with Crippen LogP contribution in [0.4, 0.5) is 0 Å².